The zero-order valence-electron chi connectivity index (χ0n) is 12.6. The molecule has 0 unspecified atom stereocenters. The molecule has 1 aliphatic carbocycles. The van der Waals surface area contributed by atoms with Gasteiger partial charge in [-0.25, -0.2) is 0 Å². The fourth-order valence-electron chi connectivity index (χ4n) is 1.62. The second kappa shape index (κ2) is 5.36. The molecule has 0 atom stereocenters. The minimum atomic E-state index is -2.87. The third kappa shape index (κ3) is 7.88. The van der Waals surface area contributed by atoms with Gasteiger partial charge in [0.15, 0.2) is 0 Å². The van der Waals surface area contributed by atoms with Crippen molar-refractivity contribution in [3.63, 3.8) is 0 Å². The molecule has 17 heavy (non-hydrogen) atoms. The molecule has 0 heterocycles. The van der Waals surface area contributed by atoms with Gasteiger partial charge in [0.25, 0.3) is 0 Å². The van der Waals surface area contributed by atoms with E-state index in [-0.39, 0.29) is 0 Å². The van der Waals surface area contributed by atoms with Gasteiger partial charge in [-0.15, -0.1) is 6.58 Å². The van der Waals surface area contributed by atoms with Crippen LogP contribution in [-0.2, 0) is 17.0 Å². The first-order chi connectivity index (χ1) is 7.51. The molecule has 0 aromatic heterocycles. The summed E-state index contributed by atoms with van der Waals surface area (Å²) in [6.07, 6.45) is 11.0. The minimum absolute atomic E-state index is 1.05. The summed E-state index contributed by atoms with van der Waals surface area (Å²) in [5.41, 5.74) is 0. The molecule has 0 saturated carbocycles. The van der Waals surface area contributed by atoms with Gasteiger partial charge in [0.2, 0.25) is 0 Å². The summed E-state index contributed by atoms with van der Waals surface area (Å²) < 4.78 is 14.3. The molecular weight excluding hydrogens is 373 g/mol. The maximum absolute atomic E-state index is 3.56. The van der Waals surface area contributed by atoms with Crippen LogP contribution < -0.4 is 5.32 Å². The van der Waals surface area contributed by atoms with Crippen molar-refractivity contribution in [1.82, 2.24) is 5.32 Å². The van der Waals surface area contributed by atoms with Crippen molar-refractivity contribution in [2.45, 2.75) is 36.2 Å². The first-order valence-electron chi connectivity index (χ1n) is 6.64. The predicted octanol–water partition coefficient (Wildman–Crippen LogP) is 5.08. The van der Waals surface area contributed by atoms with Crippen LogP contribution in [0, 0.1) is 0 Å². The third-order valence-electron chi connectivity index (χ3n) is 2.98. The van der Waals surface area contributed by atoms with Crippen LogP contribution in [0.1, 0.15) is 12.8 Å². The Hall–Kier alpha value is 0.0501. The van der Waals surface area contributed by atoms with Crippen LogP contribution in [0.15, 0.2) is 34.2 Å². The van der Waals surface area contributed by atoms with Crippen LogP contribution >= 0.6 is 0 Å². The molecule has 0 bridgehead atoms. The first kappa shape index (κ1) is 17.1. The van der Waals surface area contributed by atoms with E-state index in [1.54, 1.807) is 3.33 Å². The molecule has 2 heteroatoms. The van der Waals surface area contributed by atoms with Crippen molar-refractivity contribution in [3.8, 4) is 0 Å². The number of allylic oxidation sites excluding steroid dienone is 4. The third-order valence-corrected chi connectivity index (χ3v) is 15.8. The second-order valence-corrected chi connectivity index (χ2v) is 56.0. The van der Waals surface area contributed by atoms with E-state index in [1.165, 1.54) is 6.42 Å². The van der Waals surface area contributed by atoms with E-state index >= 15 is 0 Å². The van der Waals surface area contributed by atoms with Gasteiger partial charge in [0.1, 0.15) is 0 Å². The van der Waals surface area contributed by atoms with Crippen LogP contribution in [0.5, 0.6) is 0 Å². The Morgan fingerprint density at radius 3 is 2.06 bits per heavy atom. The fourth-order valence-corrected chi connectivity index (χ4v) is 9.05. The molecule has 0 radical (unpaired) electrons. The van der Waals surface area contributed by atoms with Crippen LogP contribution in [0.2, 0.25) is 23.4 Å². The van der Waals surface area contributed by atoms with E-state index in [9.17, 15) is 0 Å². The molecule has 1 rings (SSSR count). The molecule has 0 fully saturated rings. The van der Waals surface area contributed by atoms with Gasteiger partial charge in [-0.2, -0.15) is 0 Å². The molecule has 0 spiro atoms. The standard InChI is InChI=1S/C5H11N.C5H5.5CH3.Hf/c1-3-4-5-6-2;1-2-4-5-3-1;;;;;;/h3,6H,1,4-5H2,2H3;1-3H,4H2;5*1H3;. The van der Waals surface area contributed by atoms with Gasteiger partial charge in [0, 0.05) is 0 Å². The Morgan fingerprint density at radius 2 is 1.88 bits per heavy atom. The number of hydrogen-bond donors (Lipinski definition) is 1. The Labute approximate surface area is 106 Å². The van der Waals surface area contributed by atoms with E-state index in [1.807, 2.05) is 13.1 Å². The zero-order chi connectivity index (χ0) is 13.6. The molecule has 100 valence electrons. The number of hydrogen-bond acceptors (Lipinski definition) is 1. The molecule has 0 saturated heterocycles. The van der Waals surface area contributed by atoms with Crippen molar-refractivity contribution in [2.24, 2.45) is 0 Å². The Bertz CT molecular complexity index is 313. The quantitative estimate of drug-likeness (QED) is 0.392. The number of rotatable bonds is 4. The van der Waals surface area contributed by atoms with Crippen molar-refractivity contribution >= 4 is 0 Å². The summed E-state index contributed by atoms with van der Waals surface area (Å²) in [7, 11) is 1.93. The van der Waals surface area contributed by atoms with Crippen LogP contribution in [0.4, 0.5) is 0 Å². The van der Waals surface area contributed by atoms with E-state index in [2.05, 4.69) is 53.5 Å². The maximum atomic E-state index is 3.56. The van der Waals surface area contributed by atoms with Crippen LogP contribution in [0.3, 0.4) is 0 Å². The average Bonchev–Trinajstić information content (AvgIpc) is 2.65. The molecule has 0 aromatic rings. The van der Waals surface area contributed by atoms with Crippen LogP contribution in [-0.4, -0.2) is 13.6 Å². The van der Waals surface area contributed by atoms with E-state index in [0.29, 0.717) is 0 Å². The Balaban J connectivity index is 0.000000366. The van der Waals surface area contributed by atoms with Crippen molar-refractivity contribution in [1.29, 1.82) is 0 Å². The van der Waals surface area contributed by atoms with Gasteiger partial charge >= 0.3 is 68.4 Å². The average molecular weight is 404 g/mol. The molecule has 1 N–H and O–H groups in total. The fraction of sp³-hybridized carbons (Fsp3) is 0.600. The molecule has 0 aliphatic heterocycles. The SMILES string of the molecule is C=CCCNC.[CH3][Hf]([CH3])([CH3])([CH3])([CH3])[C]1=CC=CC1. The second-order valence-electron chi connectivity index (χ2n) is 8.76. The van der Waals surface area contributed by atoms with Gasteiger partial charge in [-0.05, 0) is 20.0 Å². The summed E-state index contributed by atoms with van der Waals surface area (Å²) in [5, 5.41) is 3.00. The van der Waals surface area contributed by atoms with Gasteiger partial charge in [-0.1, -0.05) is 6.08 Å². The van der Waals surface area contributed by atoms with Crippen molar-refractivity contribution in [2.75, 3.05) is 13.6 Å². The first-order valence-corrected chi connectivity index (χ1v) is 26.4. The van der Waals surface area contributed by atoms with Crippen molar-refractivity contribution in [3.05, 3.63) is 34.2 Å². The molecule has 0 aromatic carbocycles. The van der Waals surface area contributed by atoms with Gasteiger partial charge < -0.3 is 5.32 Å². The van der Waals surface area contributed by atoms with E-state index in [0.717, 1.165) is 13.0 Å². The summed E-state index contributed by atoms with van der Waals surface area (Å²) in [6.45, 7) is 4.60. The summed E-state index contributed by atoms with van der Waals surface area (Å²) in [4.78, 5) is 0. The van der Waals surface area contributed by atoms with Crippen molar-refractivity contribution < 1.29 is 17.0 Å². The monoisotopic (exact) mass is 405 g/mol. The summed E-state index contributed by atoms with van der Waals surface area (Å²) in [5.74, 6) is 0. The van der Waals surface area contributed by atoms with Gasteiger partial charge in [0.05, 0.1) is 0 Å². The summed E-state index contributed by atoms with van der Waals surface area (Å²) in [6, 6.07) is 0. The normalized spacial score (nSPS) is 18.6. The van der Waals surface area contributed by atoms with Crippen LogP contribution in [0.25, 0.3) is 0 Å². The molecule has 0 amide bonds. The van der Waals surface area contributed by atoms with Gasteiger partial charge in [-0.3, -0.25) is 0 Å². The molecule has 1 nitrogen and oxygen atoms in total. The molecule has 1 aliphatic rings. The van der Waals surface area contributed by atoms with E-state index in [4.69, 9.17) is 0 Å². The molecular formula is C15H31HfN. The van der Waals surface area contributed by atoms with E-state index < -0.39 is 17.0 Å². The topological polar surface area (TPSA) is 12.0 Å². The Morgan fingerprint density at radius 1 is 1.29 bits per heavy atom. The zero-order valence-corrected chi connectivity index (χ0v) is 16.2. The predicted molar refractivity (Wildman–Crippen MR) is 79.9 cm³/mol. The number of nitrogens with one attached hydrogen (secondary N) is 1. The summed E-state index contributed by atoms with van der Waals surface area (Å²) >= 11 is -2.87. The Kier molecular flexibility index (Phi) is 5.37.